The van der Waals surface area contributed by atoms with Gasteiger partial charge in [0.25, 0.3) is 5.92 Å². The van der Waals surface area contributed by atoms with E-state index in [1.807, 2.05) is 25.8 Å². The van der Waals surface area contributed by atoms with E-state index in [1.165, 1.54) is 4.68 Å². The topological polar surface area (TPSA) is 117 Å². The summed E-state index contributed by atoms with van der Waals surface area (Å²) in [6, 6.07) is 2.35. The third-order valence-corrected chi connectivity index (χ3v) is 7.38. The quantitative estimate of drug-likeness (QED) is 0.373. The van der Waals surface area contributed by atoms with Gasteiger partial charge < -0.3 is 24.4 Å². The van der Waals surface area contributed by atoms with Gasteiger partial charge in [-0.3, -0.25) is 4.68 Å². The monoisotopic (exact) mass is 581 g/mol. The highest BCUT2D eigenvalue weighted by molar-refractivity contribution is 5.75. The van der Waals surface area contributed by atoms with Gasteiger partial charge in [-0.05, 0) is 27.0 Å². The standard InChI is InChI=1S/C28H33F2N9O3/c1-5-40-26-20(15-39(36-26)22-16-37(3)10-8-28(22,29)30)18-13-32-24-12-21(18)42-17(2)7-11-41-27-19(14-33-38(27)4)25-31-9-6-23(34-24)35-25/h6,9,12-15,17,22H,5,7-8,10-11,16H2,1-4H3,(H,31,32,34,35)/t17-,22?/m0/s1. The maximum absolute atomic E-state index is 15.0. The average molecular weight is 582 g/mol. The van der Waals surface area contributed by atoms with Crippen LogP contribution < -0.4 is 19.5 Å². The zero-order valence-corrected chi connectivity index (χ0v) is 23.9. The van der Waals surface area contributed by atoms with Gasteiger partial charge in [-0.1, -0.05) is 0 Å². The third kappa shape index (κ3) is 5.45. The van der Waals surface area contributed by atoms with E-state index in [2.05, 4.69) is 30.5 Å². The number of likely N-dealkylation sites (N-methyl/N-ethyl adjacent to an activating group) is 1. The van der Waals surface area contributed by atoms with Crippen molar-refractivity contribution in [3.8, 4) is 40.0 Å². The molecule has 2 aliphatic heterocycles. The van der Waals surface area contributed by atoms with E-state index < -0.39 is 12.0 Å². The lowest BCUT2D eigenvalue weighted by Gasteiger charge is -2.36. The molecule has 2 aliphatic rings. The van der Waals surface area contributed by atoms with Gasteiger partial charge in [-0.2, -0.15) is 5.10 Å². The Balaban J connectivity index is 1.40. The Morgan fingerprint density at radius 1 is 1.14 bits per heavy atom. The molecule has 0 spiro atoms. The largest absolute Gasteiger partial charge is 0.490 e. The summed E-state index contributed by atoms with van der Waals surface area (Å²) >= 11 is 0. The summed E-state index contributed by atoms with van der Waals surface area (Å²) < 4.78 is 51.3. The Kier molecular flexibility index (Phi) is 7.39. The molecule has 1 saturated heterocycles. The number of fused-ring (bicyclic) bond motifs is 6. The number of likely N-dealkylation sites (tertiary alicyclic amines) is 1. The Hall–Kier alpha value is -4.33. The van der Waals surface area contributed by atoms with Crippen LogP contribution >= 0.6 is 0 Å². The van der Waals surface area contributed by atoms with Crippen LogP contribution in [0.15, 0.2) is 36.9 Å². The molecule has 4 aromatic rings. The van der Waals surface area contributed by atoms with Crippen molar-refractivity contribution in [1.82, 2.24) is 39.4 Å². The molecule has 4 aromatic heterocycles. The SMILES string of the molecule is CCOc1nn(C2CN(C)CCC2(F)F)cc1-c1cnc2cc1O[C@@H](C)CCOc1c(cnn1C)-c1nccc(n1)N2. The van der Waals surface area contributed by atoms with Crippen LogP contribution in [0.2, 0.25) is 0 Å². The first-order valence-corrected chi connectivity index (χ1v) is 13.9. The van der Waals surface area contributed by atoms with Crippen LogP contribution in [-0.4, -0.2) is 84.8 Å². The van der Waals surface area contributed by atoms with E-state index in [0.717, 1.165) is 0 Å². The number of aromatic nitrogens is 7. The van der Waals surface area contributed by atoms with E-state index in [1.54, 1.807) is 48.6 Å². The number of halogens is 2. The van der Waals surface area contributed by atoms with E-state index >= 15 is 8.78 Å². The number of hydrogen-bond donors (Lipinski definition) is 1. The van der Waals surface area contributed by atoms with Gasteiger partial charge in [0.15, 0.2) is 5.82 Å². The highest BCUT2D eigenvalue weighted by atomic mass is 19.3. The van der Waals surface area contributed by atoms with Crippen LogP contribution in [-0.2, 0) is 7.05 Å². The van der Waals surface area contributed by atoms with Crippen molar-refractivity contribution in [2.75, 3.05) is 38.7 Å². The molecular formula is C28H33F2N9O3. The van der Waals surface area contributed by atoms with Gasteiger partial charge in [0, 0.05) is 63.2 Å². The van der Waals surface area contributed by atoms with Crippen molar-refractivity contribution < 1.29 is 23.0 Å². The second-order valence-electron chi connectivity index (χ2n) is 10.6. The predicted octanol–water partition coefficient (Wildman–Crippen LogP) is 4.34. The van der Waals surface area contributed by atoms with Crippen molar-refractivity contribution >= 4 is 11.6 Å². The molecule has 4 bridgehead atoms. The van der Waals surface area contributed by atoms with Crippen LogP contribution in [0.5, 0.6) is 17.5 Å². The Labute approximate surface area is 241 Å². The van der Waals surface area contributed by atoms with Crippen LogP contribution in [0.25, 0.3) is 22.5 Å². The molecule has 0 aliphatic carbocycles. The number of pyridine rings is 1. The molecule has 12 nitrogen and oxygen atoms in total. The molecule has 0 aromatic carbocycles. The fourth-order valence-electron chi connectivity index (χ4n) is 5.11. The summed E-state index contributed by atoms with van der Waals surface area (Å²) in [7, 11) is 3.62. The molecule has 2 atom stereocenters. The number of nitrogens with zero attached hydrogens (tertiary/aromatic N) is 8. The lowest BCUT2D eigenvalue weighted by molar-refractivity contribution is -0.0977. The third-order valence-electron chi connectivity index (χ3n) is 7.38. The Morgan fingerprint density at radius 2 is 2.00 bits per heavy atom. The number of piperidine rings is 1. The number of alkyl halides is 2. The number of anilines is 2. The van der Waals surface area contributed by atoms with Gasteiger partial charge in [-0.15, -0.1) is 5.10 Å². The molecule has 1 fully saturated rings. The van der Waals surface area contributed by atoms with Gasteiger partial charge >= 0.3 is 0 Å². The minimum Gasteiger partial charge on any atom is -0.490 e. The highest BCUT2D eigenvalue weighted by Gasteiger charge is 2.45. The molecule has 0 radical (unpaired) electrons. The molecule has 6 heterocycles. The summed E-state index contributed by atoms with van der Waals surface area (Å²) in [6.45, 7) is 4.92. The maximum Gasteiger partial charge on any atom is 0.272 e. The zero-order valence-electron chi connectivity index (χ0n) is 23.9. The van der Waals surface area contributed by atoms with Gasteiger partial charge in [0.1, 0.15) is 29.0 Å². The number of hydrogen-bond acceptors (Lipinski definition) is 10. The molecule has 42 heavy (non-hydrogen) atoms. The van der Waals surface area contributed by atoms with Crippen molar-refractivity contribution in [1.29, 1.82) is 0 Å². The number of rotatable bonds is 4. The summed E-state index contributed by atoms with van der Waals surface area (Å²) in [4.78, 5) is 15.5. The molecule has 222 valence electrons. The van der Waals surface area contributed by atoms with Crippen LogP contribution in [0, 0.1) is 0 Å². The van der Waals surface area contributed by atoms with Crippen LogP contribution in [0.1, 0.15) is 32.7 Å². The molecule has 14 heteroatoms. The fraction of sp³-hybridized carbons (Fsp3) is 0.464. The fourth-order valence-corrected chi connectivity index (χ4v) is 5.11. The average Bonchev–Trinajstić information content (AvgIpc) is 3.53. The number of ether oxygens (including phenoxy) is 3. The maximum atomic E-state index is 15.0. The number of aryl methyl sites for hydroxylation is 1. The normalized spacial score (nSPS) is 20.4. The lowest BCUT2D eigenvalue weighted by atomic mass is 10.0. The molecule has 1 N–H and O–H groups in total. The van der Waals surface area contributed by atoms with Gasteiger partial charge in [-0.25, -0.2) is 28.4 Å². The molecule has 1 unspecified atom stereocenters. The summed E-state index contributed by atoms with van der Waals surface area (Å²) in [5.74, 6) is -0.181. The van der Waals surface area contributed by atoms with E-state index in [-0.39, 0.29) is 24.9 Å². The first-order valence-electron chi connectivity index (χ1n) is 13.9. The smallest absolute Gasteiger partial charge is 0.272 e. The zero-order chi connectivity index (χ0) is 29.4. The van der Waals surface area contributed by atoms with Crippen LogP contribution in [0.3, 0.4) is 0 Å². The van der Waals surface area contributed by atoms with Crippen molar-refractivity contribution in [3.63, 3.8) is 0 Å². The van der Waals surface area contributed by atoms with E-state index in [4.69, 9.17) is 14.2 Å². The highest BCUT2D eigenvalue weighted by Crippen LogP contribution is 2.42. The minimum absolute atomic E-state index is 0.167. The molecule has 0 saturated carbocycles. The number of nitrogens with one attached hydrogen (secondary N) is 1. The summed E-state index contributed by atoms with van der Waals surface area (Å²) in [5.41, 5.74) is 1.76. The second-order valence-corrected chi connectivity index (χ2v) is 10.6. The second kappa shape index (κ2) is 11.2. The predicted molar refractivity (Wildman–Crippen MR) is 150 cm³/mol. The van der Waals surface area contributed by atoms with Crippen molar-refractivity contribution in [2.45, 2.75) is 44.8 Å². The lowest BCUT2D eigenvalue weighted by Crippen LogP contribution is -2.46. The molecule has 0 amide bonds. The van der Waals surface area contributed by atoms with Crippen molar-refractivity contribution in [2.24, 2.45) is 7.05 Å². The molecule has 6 rings (SSSR count). The minimum atomic E-state index is -2.91. The van der Waals surface area contributed by atoms with Crippen LogP contribution in [0.4, 0.5) is 20.4 Å². The summed E-state index contributed by atoms with van der Waals surface area (Å²) in [5, 5.41) is 12.0. The van der Waals surface area contributed by atoms with Gasteiger partial charge in [0.05, 0.1) is 31.1 Å². The van der Waals surface area contributed by atoms with Gasteiger partial charge in [0.2, 0.25) is 11.8 Å². The first kappa shape index (κ1) is 27.8. The Morgan fingerprint density at radius 3 is 2.83 bits per heavy atom. The Bertz CT molecular complexity index is 1570. The van der Waals surface area contributed by atoms with E-state index in [9.17, 15) is 0 Å². The first-order chi connectivity index (χ1) is 20.2. The summed E-state index contributed by atoms with van der Waals surface area (Å²) in [6.07, 6.45) is 6.58. The van der Waals surface area contributed by atoms with Crippen molar-refractivity contribution in [3.05, 3.63) is 36.9 Å². The van der Waals surface area contributed by atoms with E-state index in [0.29, 0.717) is 72.0 Å². The molecular weight excluding hydrogens is 548 g/mol.